The van der Waals surface area contributed by atoms with Crippen LogP contribution in [-0.4, -0.2) is 25.5 Å². The van der Waals surface area contributed by atoms with E-state index in [2.05, 4.69) is 70.5 Å². The molecule has 104 valence electrons. The Labute approximate surface area is 141 Å². The highest BCUT2D eigenvalue weighted by Gasteiger charge is 2.20. The van der Waals surface area contributed by atoms with Gasteiger partial charge in [0.15, 0.2) is 16.6 Å². The number of benzene rings is 1. The van der Waals surface area contributed by atoms with Crippen LogP contribution in [0.1, 0.15) is 5.56 Å². The standard InChI is InChI=1S/C10H10Br3N3O2S/c1-17-8-6(12)4(3-15-16-10(14)19)5(11)7(13)9(8)18-2/h3H,1-2H3,(H3,14,16,19). The first kappa shape index (κ1) is 16.7. The fraction of sp³-hybridized carbons (Fsp3) is 0.200. The molecule has 0 fully saturated rings. The molecule has 0 heterocycles. The van der Waals surface area contributed by atoms with Crippen LogP contribution in [0.15, 0.2) is 18.5 Å². The minimum Gasteiger partial charge on any atom is -0.492 e. The molecule has 0 unspecified atom stereocenters. The molecule has 0 aromatic heterocycles. The van der Waals surface area contributed by atoms with Crippen LogP contribution < -0.4 is 20.6 Å². The zero-order valence-corrected chi connectivity index (χ0v) is 15.5. The van der Waals surface area contributed by atoms with E-state index in [4.69, 9.17) is 15.2 Å². The lowest BCUT2D eigenvalue weighted by atomic mass is 10.2. The number of rotatable bonds is 4. The van der Waals surface area contributed by atoms with Crippen LogP contribution in [0.25, 0.3) is 0 Å². The highest BCUT2D eigenvalue weighted by molar-refractivity contribution is 9.13. The van der Waals surface area contributed by atoms with Gasteiger partial charge in [-0.15, -0.1) is 0 Å². The Morgan fingerprint density at radius 3 is 2.16 bits per heavy atom. The molecule has 0 amide bonds. The van der Waals surface area contributed by atoms with Crippen LogP contribution in [0.4, 0.5) is 0 Å². The summed E-state index contributed by atoms with van der Waals surface area (Å²) in [7, 11) is 3.11. The van der Waals surface area contributed by atoms with Crippen molar-refractivity contribution in [2.75, 3.05) is 14.2 Å². The van der Waals surface area contributed by atoms with Gasteiger partial charge in [0.2, 0.25) is 0 Å². The van der Waals surface area contributed by atoms with Gasteiger partial charge in [-0.25, -0.2) is 0 Å². The number of hydrogen-bond donors (Lipinski definition) is 2. The van der Waals surface area contributed by atoms with Gasteiger partial charge < -0.3 is 15.2 Å². The average Bonchev–Trinajstić information content (AvgIpc) is 2.37. The maximum atomic E-state index is 5.32. The van der Waals surface area contributed by atoms with E-state index in [0.717, 1.165) is 10.0 Å². The third kappa shape index (κ3) is 3.80. The molecule has 1 rings (SSSR count). The zero-order chi connectivity index (χ0) is 14.6. The predicted molar refractivity (Wildman–Crippen MR) is 90.2 cm³/mol. The smallest absolute Gasteiger partial charge is 0.184 e. The maximum Gasteiger partial charge on any atom is 0.184 e. The number of thiocarbonyl (C=S) groups is 1. The van der Waals surface area contributed by atoms with Gasteiger partial charge in [-0.2, -0.15) is 5.10 Å². The fourth-order valence-electron chi connectivity index (χ4n) is 1.27. The molecule has 1 aromatic carbocycles. The first-order chi connectivity index (χ1) is 8.93. The number of nitrogens with two attached hydrogens (primary N) is 1. The molecule has 19 heavy (non-hydrogen) atoms. The summed E-state index contributed by atoms with van der Waals surface area (Å²) in [6.07, 6.45) is 1.56. The third-order valence-electron chi connectivity index (χ3n) is 2.05. The highest BCUT2D eigenvalue weighted by atomic mass is 79.9. The maximum absolute atomic E-state index is 5.32. The molecule has 3 N–H and O–H groups in total. The van der Waals surface area contributed by atoms with Crippen molar-refractivity contribution in [1.29, 1.82) is 0 Å². The van der Waals surface area contributed by atoms with E-state index < -0.39 is 0 Å². The number of ether oxygens (including phenoxy) is 2. The van der Waals surface area contributed by atoms with Crippen molar-refractivity contribution in [3.8, 4) is 11.5 Å². The number of nitrogens with zero attached hydrogens (tertiary/aromatic N) is 1. The van der Waals surface area contributed by atoms with E-state index in [1.807, 2.05) is 0 Å². The molecule has 0 aliphatic carbocycles. The second kappa shape index (κ2) is 7.41. The van der Waals surface area contributed by atoms with Crippen LogP contribution in [0.5, 0.6) is 11.5 Å². The van der Waals surface area contributed by atoms with Crippen molar-refractivity contribution >= 4 is 71.3 Å². The highest BCUT2D eigenvalue weighted by Crippen LogP contribution is 2.47. The zero-order valence-electron chi connectivity index (χ0n) is 9.96. The van der Waals surface area contributed by atoms with Crippen LogP contribution in [-0.2, 0) is 0 Å². The van der Waals surface area contributed by atoms with Gasteiger partial charge in [-0.05, 0) is 60.0 Å². The Morgan fingerprint density at radius 1 is 1.16 bits per heavy atom. The molecule has 0 aliphatic rings. The van der Waals surface area contributed by atoms with Crippen molar-refractivity contribution in [3.63, 3.8) is 0 Å². The molecule has 1 aromatic rings. The van der Waals surface area contributed by atoms with E-state index in [-0.39, 0.29) is 5.11 Å². The minimum absolute atomic E-state index is 0.0861. The molecule has 0 saturated carbocycles. The van der Waals surface area contributed by atoms with E-state index >= 15 is 0 Å². The molecular formula is C10H10Br3N3O2S. The van der Waals surface area contributed by atoms with Gasteiger partial charge in [0.1, 0.15) is 0 Å². The number of hydrogen-bond acceptors (Lipinski definition) is 4. The molecule has 0 radical (unpaired) electrons. The monoisotopic (exact) mass is 473 g/mol. The van der Waals surface area contributed by atoms with Gasteiger partial charge in [-0.1, -0.05) is 0 Å². The van der Waals surface area contributed by atoms with Crippen LogP contribution in [0, 0.1) is 0 Å². The number of hydrazone groups is 1. The number of methoxy groups -OCH3 is 2. The SMILES string of the molecule is COc1c(Br)c(Br)c(C=NNC(N)=S)c(Br)c1OC. The molecule has 0 atom stereocenters. The normalized spacial score (nSPS) is 10.6. The number of halogens is 3. The molecule has 5 nitrogen and oxygen atoms in total. The second-order valence-corrected chi connectivity index (χ2v) is 5.98. The topological polar surface area (TPSA) is 68.9 Å². The second-order valence-electron chi connectivity index (χ2n) is 3.16. The van der Waals surface area contributed by atoms with Crippen molar-refractivity contribution in [2.24, 2.45) is 10.8 Å². The van der Waals surface area contributed by atoms with Crippen LogP contribution in [0.2, 0.25) is 0 Å². The average molecular weight is 476 g/mol. The van der Waals surface area contributed by atoms with Gasteiger partial charge in [0, 0.05) is 10.0 Å². The van der Waals surface area contributed by atoms with Crippen molar-refractivity contribution in [1.82, 2.24) is 5.43 Å². The van der Waals surface area contributed by atoms with Crippen LogP contribution >= 0.6 is 60.0 Å². The Balaban J connectivity index is 3.36. The molecular weight excluding hydrogens is 466 g/mol. The summed E-state index contributed by atoms with van der Waals surface area (Å²) < 4.78 is 12.8. The van der Waals surface area contributed by atoms with Gasteiger partial charge in [0.25, 0.3) is 0 Å². The molecule has 0 saturated heterocycles. The van der Waals surface area contributed by atoms with E-state index in [1.165, 1.54) is 0 Å². The lowest BCUT2D eigenvalue weighted by molar-refractivity contribution is 0.351. The largest absolute Gasteiger partial charge is 0.492 e. The summed E-state index contributed by atoms with van der Waals surface area (Å²) >= 11 is 15.0. The van der Waals surface area contributed by atoms with Crippen molar-refractivity contribution < 1.29 is 9.47 Å². The third-order valence-corrected chi connectivity index (χ3v) is 5.04. The minimum atomic E-state index is 0.0861. The van der Waals surface area contributed by atoms with Gasteiger partial charge in [-0.3, -0.25) is 5.43 Å². The van der Waals surface area contributed by atoms with Gasteiger partial charge >= 0.3 is 0 Å². The fourth-order valence-corrected chi connectivity index (χ4v) is 3.27. The Bertz CT molecular complexity index is 537. The summed E-state index contributed by atoms with van der Waals surface area (Å²) in [6.45, 7) is 0. The summed E-state index contributed by atoms with van der Waals surface area (Å²) in [5.74, 6) is 1.12. The van der Waals surface area contributed by atoms with Crippen molar-refractivity contribution in [2.45, 2.75) is 0 Å². The first-order valence-electron chi connectivity index (χ1n) is 4.80. The molecule has 0 bridgehead atoms. The number of nitrogens with one attached hydrogen (secondary N) is 1. The summed E-state index contributed by atoms with van der Waals surface area (Å²) in [5.41, 5.74) is 8.52. The van der Waals surface area contributed by atoms with E-state index in [1.54, 1.807) is 20.4 Å². The molecule has 9 heteroatoms. The summed E-state index contributed by atoms with van der Waals surface area (Å²) in [4.78, 5) is 0. The lowest BCUT2D eigenvalue weighted by Crippen LogP contribution is -2.24. The lowest BCUT2D eigenvalue weighted by Gasteiger charge is -2.15. The Morgan fingerprint density at radius 2 is 1.68 bits per heavy atom. The summed E-state index contributed by atoms with van der Waals surface area (Å²) in [6, 6.07) is 0. The predicted octanol–water partition coefficient (Wildman–Crippen LogP) is 3.16. The molecule has 0 aliphatic heterocycles. The van der Waals surface area contributed by atoms with E-state index in [0.29, 0.717) is 20.4 Å². The van der Waals surface area contributed by atoms with Crippen molar-refractivity contribution in [3.05, 3.63) is 19.0 Å². The van der Waals surface area contributed by atoms with Crippen LogP contribution in [0.3, 0.4) is 0 Å². The first-order valence-corrected chi connectivity index (χ1v) is 7.59. The quantitative estimate of drug-likeness (QED) is 0.303. The molecule has 0 spiro atoms. The van der Waals surface area contributed by atoms with Gasteiger partial charge in [0.05, 0.1) is 29.4 Å². The Kier molecular flexibility index (Phi) is 6.51. The summed E-state index contributed by atoms with van der Waals surface area (Å²) in [5, 5.41) is 4.00. The van der Waals surface area contributed by atoms with E-state index in [9.17, 15) is 0 Å². The Hall–Kier alpha value is -0.380.